The van der Waals surface area contributed by atoms with E-state index in [1.54, 1.807) is 13.3 Å². The van der Waals surface area contributed by atoms with Gasteiger partial charge in [0, 0.05) is 30.9 Å². The predicted octanol–water partition coefficient (Wildman–Crippen LogP) is 2.24. The van der Waals surface area contributed by atoms with Gasteiger partial charge in [0.2, 0.25) is 0 Å². The molecule has 1 aromatic heterocycles. The van der Waals surface area contributed by atoms with Crippen LogP contribution in [0.3, 0.4) is 0 Å². The van der Waals surface area contributed by atoms with Gasteiger partial charge >= 0.3 is 0 Å². The predicted molar refractivity (Wildman–Crippen MR) is 84.3 cm³/mol. The van der Waals surface area contributed by atoms with Crippen LogP contribution in [-0.2, 0) is 28.4 Å². The van der Waals surface area contributed by atoms with Crippen LogP contribution in [0.2, 0.25) is 0 Å². The highest BCUT2D eigenvalue weighted by atomic mass is 31.2. The van der Waals surface area contributed by atoms with Gasteiger partial charge in [0.05, 0.1) is 6.61 Å². The van der Waals surface area contributed by atoms with Gasteiger partial charge < -0.3 is 9.73 Å². The van der Waals surface area contributed by atoms with E-state index < -0.39 is 7.37 Å². The molecule has 2 aromatic rings. The lowest BCUT2D eigenvalue weighted by Crippen LogP contribution is -2.34. The average molecular weight is 321 g/mol. The average Bonchev–Trinajstić information content (AvgIpc) is 2.88. The summed E-state index contributed by atoms with van der Waals surface area (Å²) >= 11 is 0. The van der Waals surface area contributed by atoms with Crippen molar-refractivity contribution in [1.82, 2.24) is 10.1 Å². The van der Waals surface area contributed by atoms with Gasteiger partial charge in [-0.2, -0.15) is 0 Å². The summed E-state index contributed by atoms with van der Waals surface area (Å²) in [5.74, 6) is 0.506. The van der Waals surface area contributed by atoms with E-state index in [4.69, 9.17) is 4.52 Å². The smallest absolute Gasteiger partial charge is 0.270 e. The SMILES string of the molecule is CP(C)(=O)OCCCc1nc2cc3c(cc2[n+]([O-])n1)CCC3. The van der Waals surface area contributed by atoms with Gasteiger partial charge in [-0.15, -0.1) is 0 Å². The largest absolute Gasteiger partial charge is 0.594 e. The molecular weight excluding hydrogens is 301 g/mol. The Balaban J connectivity index is 1.77. The van der Waals surface area contributed by atoms with Gasteiger partial charge in [-0.25, -0.2) is 4.98 Å². The number of benzene rings is 1. The normalized spacial score (nSPS) is 14.5. The number of aryl methyl sites for hydroxylation is 3. The molecule has 22 heavy (non-hydrogen) atoms. The minimum Gasteiger partial charge on any atom is -0.594 e. The molecule has 0 bridgehead atoms. The number of aromatic nitrogens is 3. The van der Waals surface area contributed by atoms with Gasteiger partial charge in [0.15, 0.2) is 13.2 Å². The summed E-state index contributed by atoms with van der Waals surface area (Å²) in [4.78, 5) is 5.16. The fraction of sp³-hybridized carbons (Fsp3) is 0.533. The standard InChI is InChI=1S/C15H20N3O3P/c1-22(2,20)21-8-4-7-15-16-13-9-11-5-3-6-12(11)10-14(13)18(19)17-15/h9-10H,3-8H2,1-2H3. The molecule has 1 aliphatic rings. The second-order valence-corrected chi connectivity index (χ2v) is 8.82. The van der Waals surface area contributed by atoms with Crippen LogP contribution < -0.4 is 4.85 Å². The maximum Gasteiger partial charge on any atom is 0.270 e. The van der Waals surface area contributed by atoms with E-state index in [0.29, 0.717) is 41.2 Å². The van der Waals surface area contributed by atoms with E-state index >= 15 is 0 Å². The Morgan fingerprint density at radius 2 is 2.05 bits per heavy atom. The van der Waals surface area contributed by atoms with Crippen molar-refractivity contribution in [2.45, 2.75) is 32.1 Å². The Morgan fingerprint density at radius 1 is 1.32 bits per heavy atom. The van der Waals surface area contributed by atoms with Crippen LogP contribution in [-0.4, -0.2) is 30.0 Å². The third-order valence-corrected chi connectivity index (χ3v) is 4.60. The van der Waals surface area contributed by atoms with E-state index in [0.717, 1.165) is 19.3 Å². The van der Waals surface area contributed by atoms with E-state index in [9.17, 15) is 9.77 Å². The highest BCUT2D eigenvalue weighted by Gasteiger charge is 2.18. The lowest BCUT2D eigenvalue weighted by Gasteiger charge is -2.08. The summed E-state index contributed by atoms with van der Waals surface area (Å²) in [6, 6.07) is 3.93. The maximum absolute atomic E-state index is 12.1. The van der Waals surface area contributed by atoms with Crippen LogP contribution in [0.1, 0.15) is 29.8 Å². The van der Waals surface area contributed by atoms with Crippen molar-refractivity contribution >= 4 is 18.4 Å². The Morgan fingerprint density at radius 3 is 2.77 bits per heavy atom. The first-order chi connectivity index (χ1) is 10.4. The minimum absolute atomic E-state index is 0.384. The summed E-state index contributed by atoms with van der Waals surface area (Å²) in [6.45, 7) is 3.56. The zero-order chi connectivity index (χ0) is 15.7. The highest BCUT2D eigenvalue weighted by molar-refractivity contribution is 7.57. The van der Waals surface area contributed by atoms with Crippen molar-refractivity contribution in [2.24, 2.45) is 0 Å². The first-order valence-corrected chi connectivity index (χ1v) is 10.1. The van der Waals surface area contributed by atoms with Crippen LogP contribution >= 0.6 is 7.37 Å². The first-order valence-electron chi connectivity index (χ1n) is 7.54. The first kappa shape index (κ1) is 15.4. The van der Waals surface area contributed by atoms with Crippen LogP contribution in [0.15, 0.2) is 12.1 Å². The third-order valence-electron chi connectivity index (χ3n) is 3.80. The molecule has 0 aliphatic heterocycles. The fourth-order valence-corrected chi connectivity index (χ4v) is 3.35. The van der Waals surface area contributed by atoms with E-state index in [-0.39, 0.29) is 0 Å². The topological polar surface area (TPSA) is 79.0 Å². The van der Waals surface area contributed by atoms with Crippen LogP contribution in [0.25, 0.3) is 11.0 Å². The highest BCUT2D eigenvalue weighted by Crippen LogP contribution is 2.37. The minimum atomic E-state index is -2.45. The van der Waals surface area contributed by atoms with Crippen molar-refractivity contribution in [3.63, 3.8) is 0 Å². The third kappa shape index (κ3) is 3.45. The van der Waals surface area contributed by atoms with Gasteiger partial charge in [-0.1, -0.05) is 0 Å². The summed E-state index contributed by atoms with van der Waals surface area (Å²) in [7, 11) is -2.45. The lowest BCUT2D eigenvalue weighted by atomic mass is 10.1. The van der Waals surface area contributed by atoms with Gasteiger partial charge in [0.1, 0.15) is 5.52 Å². The molecule has 0 saturated carbocycles. The molecule has 1 aromatic carbocycles. The molecule has 0 radical (unpaired) electrons. The van der Waals surface area contributed by atoms with Crippen molar-refractivity contribution in [1.29, 1.82) is 0 Å². The Kier molecular flexibility index (Phi) is 4.15. The second-order valence-electron chi connectivity index (χ2n) is 6.05. The summed E-state index contributed by atoms with van der Waals surface area (Å²) < 4.78 is 16.7. The number of nitrogens with zero attached hydrogens (tertiary/aromatic N) is 3. The van der Waals surface area contributed by atoms with Gasteiger partial charge in [-0.05, 0) is 47.7 Å². The maximum atomic E-state index is 12.1. The molecule has 1 heterocycles. The van der Waals surface area contributed by atoms with Crippen molar-refractivity contribution in [3.05, 3.63) is 34.3 Å². The van der Waals surface area contributed by atoms with Crippen molar-refractivity contribution in [2.75, 3.05) is 19.9 Å². The Hall–Kier alpha value is -1.52. The second kappa shape index (κ2) is 5.94. The number of fused-ring (bicyclic) bond motifs is 2. The molecule has 7 heteroatoms. The molecule has 118 valence electrons. The van der Waals surface area contributed by atoms with Crippen LogP contribution in [0.5, 0.6) is 0 Å². The summed E-state index contributed by atoms with van der Waals surface area (Å²) in [6.07, 6.45) is 4.39. The van der Waals surface area contributed by atoms with Crippen molar-refractivity contribution < 1.29 is 13.9 Å². The zero-order valence-electron chi connectivity index (χ0n) is 12.9. The number of rotatable bonds is 5. The van der Waals surface area contributed by atoms with E-state index in [1.807, 2.05) is 12.1 Å². The molecule has 3 rings (SSSR count). The fourth-order valence-electron chi connectivity index (χ4n) is 2.78. The molecular formula is C15H20N3O3P. The van der Waals surface area contributed by atoms with Crippen LogP contribution in [0.4, 0.5) is 0 Å². The van der Waals surface area contributed by atoms with Gasteiger partial charge in [-0.3, -0.25) is 4.57 Å². The number of hydrogen-bond donors (Lipinski definition) is 0. The Labute approximate surface area is 129 Å². The van der Waals surface area contributed by atoms with Crippen LogP contribution in [0, 0.1) is 5.21 Å². The number of hydrogen-bond acceptors (Lipinski definition) is 5. The Bertz CT molecular complexity index is 757. The van der Waals surface area contributed by atoms with Gasteiger partial charge in [0.25, 0.3) is 5.52 Å². The summed E-state index contributed by atoms with van der Waals surface area (Å²) in [5.41, 5.74) is 3.77. The monoisotopic (exact) mass is 321 g/mol. The molecule has 0 saturated heterocycles. The van der Waals surface area contributed by atoms with Crippen molar-refractivity contribution in [3.8, 4) is 0 Å². The molecule has 0 unspecified atom stereocenters. The van der Waals surface area contributed by atoms with E-state index in [1.165, 1.54) is 11.1 Å². The van der Waals surface area contributed by atoms with E-state index in [2.05, 4.69) is 10.1 Å². The molecule has 0 spiro atoms. The quantitative estimate of drug-likeness (QED) is 0.365. The molecule has 0 fully saturated rings. The molecule has 0 amide bonds. The lowest BCUT2D eigenvalue weighted by molar-refractivity contribution is -0.644. The molecule has 0 atom stereocenters. The molecule has 0 N–H and O–H groups in total. The zero-order valence-corrected chi connectivity index (χ0v) is 13.8. The summed E-state index contributed by atoms with van der Waals surface area (Å²) in [5, 5.41) is 16.1. The molecule has 1 aliphatic carbocycles. The molecule has 6 nitrogen and oxygen atoms in total.